The lowest BCUT2D eigenvalue weighted by Crippen LogP contribution is -2.21. The number of hydrogen-bond acceptors (Lipinski definition) is 3. The molecule has 2 rings (SSSR count). The Balaban J connectivity index is 2.62. The minimum absolute atomic E-state index is 0.434. The van der Waals surface area contributed by atoms with Crippen LogP contribution in [0.15, 0.2) is 24.3 Å². The highest BCUT2D eigenvalue weighted by atomic mass is 127. The van der Waals surface area contributed by atoms with Gasteiger partial charge in [-0.05, 0) is 59.3 Å². The van der Waals surface area contributed by atoms with Crippen molar-refractivity contribution in [3.05, 3.63) is 56.2 Å². The number of hydrogen-bond donors (Lipinski definition) is 3. The van der Waals surface area contributed by atoms with E-state index in [0.29, 0.717) is 5.69 Å². The molecule has 24 heavy (non-hydrogen) atoms. The summed E-state index contributed by atoms with van der Waals surface area (Å²) in [6.07, 6.45) is 0. The van der Waals surface area contributed by atoms with Crippen molar-refractivity contribution in [2.75, 3.05) is 12.4 Å². The maximum atomic E-state index is 14.4. The first-order valence-corrected chi connectivity index (χ1v) is 7.84. The van der Waals surface area contributed by atoms with E-state index >= 15 is 0 Å². The summed E-state index contributed by atoms with van der Waals surface area (Å²) in [6.45, 7) is 1.75. The van der Waals surface area contributed by atoms with Crippen LogP contribution in [0.25, 0.3) is 0 Å². The second-order valence-corrected chi connectivity index (χ2v) is 6.19. The number of benzene rings is 2. The first-order valence-electron chi connectivity index (χ1n) is 6.76. The largest absolute Gasteiger partial charge is 0.478 e. The van der Waals surface area contributed by atoms with Gasteiger partial charge in [-0.2, -0.15) is 0 Å². The lowest BCUT2D eigenvalue weighted by Gasteiger charge is -2.15. The van der Waals surface area contributed by atoms with Gasteiger partial charge in [0.1, 0.15) is 0 Å². The van der Waals surface area contributed by atoms with E-state index in [1.807, 2.05) is 0 Å². The highest BCUT2D eigenvalue weighted by molar-refractivity contribution is 14.1. The highest BCUT2D eigenvalue weighted by Crippen LogP contribution is 2.30. The maximum Gasteiger partial charge on any atom is 0.337 e. The number of carboxylic acids is 1. The van der Waals surface area contributed by atoms with Gasteiger partial charge in [-0.3, -0.25) is 4.79 Å². The Morgan fingerprint density at radius 2 is 1.79 bits per heavy atom. The van der Waals surface area contributed by atoms with Gasteiger partial charge in [0.15, 0.2) is 11.6 Å². The second kappa shape index (κ2) is 7.12. The van der Waals surface area contributed by atoms with Crippen molar-refractivity contribution in [1.82, 2.24) is 5.32 Å². The van der Waals surface area contributed by atoms with E-state index in [1.165, 1.54) is 7.05 Å². The summed E-state index contributed by atoms with van der Waals surface area (Å²) in [7, 11) is 1.24. The summed E-state index contributed by atoms with van der Waals surface area (Å²) in [5, 5.41) is 14.0. The highest BCUT2D eigenvalue weighted by Gasteiger charge is 2.25. The van der Waals surface area contributed by atoms with Gasteiger partial charge in [-0.25, -0.2) is 13.6 Å². The fourth-order valence-electron chi connectivity index (χ4n) is 2.12. The topological polar surface area (TPSA) is 78.4 Å². The molecular weight excluding hydrogens is 433 g/mol. The first kappa shape index (κ1) is 18.1. The van der Waals surface area contributed by atoms with Crippen molar-refractivity contribution in [2.24, 2.45) is 0 Å². The van der Waals surface area contributed by atoms with Gasteiger partial charge in [0.05, 0.1) is 16.8 Å². The Hall–Kier alpha value is -2.23. The van der Waals surface area contributed by atoms with Crippen LogP contribution in [0.5, 0.6) is 0 Å². The smallest absolute Gasteiger partial charge is 0.337 e. The van der Waals surface area contributed by atoms with Crippen molar-refractivity contribution < 1.29 is 23.5 Å². The molecule has 0 aliphatic heterocycles. The third kappa shape index (κ3) is 3.48. The van der Waals surface area contributed by atoms with Gasteiger partial charge in [0.2, 0.25) is 0 Å². The minimum atomic E-state index is -1.48. The number of aryl methyl sites for hydroxylation is 1. The summed E-state index contributed by atoms with van der Waals surface area (Å²) < 4.78 is 29.5. The Kier molecular flexibility index (Phi) is 5.37. The first-order chi connectivity index (χ1) is 11.3. The van der Waals surface area contributed by atoms with Crippen LogP contribution in [0, 0.1) is 22.1 Å². The van der Waals surface area contributed by atoms with E-state index in [0.717, 1.165) is 15.2 Å². The van der Waals surface area contributed by atoms with Crippen LogP contribution in [0.4, 0.5) is 20.2 Å². The van der Waals surface area contributed by atoms with E-state index in [2.05, 4.69) is 33.2 Å². The van der Waals surface area contributed by atoms with Crippen LogP contribution in [0.1, 0.15) is 26.3 Å². The van der Waals surface area contributed by atoms with Crippen molar-refractivity contribution in [3.8, 4) is 0 Å². The molecule has 126 valence electrons. The molecule has 0 aliphatic rings. The molecule has 0 aliphatic carbocycles. The van der Waals surface area contributed by atoms with E-state index in [4.69, 9.17) is 0 Å². The molecule has 3 N–H and O–H groups in total. The maximum absolute atomic E-state index is 14.4. The van der Waals surface area contributed by atoms with E-state index in [1.54, 1.807) is 25.1 Å². The number of aromatic carboxylic acids is 1. The molecule has 2 aromatic rings. The molecule has 0 unspecified atom stereocenters. The molecular formula is C16H13F2IN2O3. The average Bonchev–Trinajstić information content (AvgIpc) is 2.53. The summed E-state index contributed by atoms with van der Waals surface area (Å²) in [5.74, 6) is -5.23. The van der Waals surface area contributed by atoms with Gasteiger partial charge < -0.3 is 15.7 Å². The summed E-state index contributed by atoms with van der Waals surface area (Å²) in [5.41, 5.74) is -0.572. The number of nitrogens with one attached hydrogen (secondary N) is 2. The van der Waals surface area contributed by atoms with Gasteiger partial charge in [-0.15, -0.1) is 0 Å². The Morgan fingerprint density at radius 3 is 2.33 bits per heavy atom. The van der Waals surface area contributed by atoms with Crippen LogP contribution in [-0.4, -0.2) is 24.0 Å². The second-order valence-electron chi connectivity index (χ2n) is 4.94. The van der Waals surface area contributed by atoms with Gasteiger partial charge in [0.25, 0.3) is 5.91 Å². The molecule has 0 spiro atoms. The van der Waals surface area contributed by atoms with Crippen molar-refractivity contribution >= 4 is 45.8 Å². The number of anilines is 2. The Labute approximate surface area is 150 Å². The predicted molar refractivity (Wildman–Crippen MR) is 93.9 cm³/mol. The standard InChI is InChI=1S/C16H13F2IN2O3/c1-7-5-8(19)3-4-11(7)21-14-10(16(23)24)6-9(15(22)20-2)12(17)13(14)18/h3-6,21H,1-2H3,(H,20,22)(H,23,24). The monoisotopic (exact) mass is 446 g/mol. The van der Waals surface area contributed by atoms with Crippen molar-refractivity contribution in [1.29, 1.82) is 0 Å². The van der Waals surface area contributed by atoms with Crippen LogP contribution in [0.3, 0.4) is 0 Å². The third-order valence-corrected chi connectivity index (χ3v) is 4.03. The predicted octanol–water partition coefficient (Wildman–Crippen LogP) is 3.68. The zero-order chi connectivity index (χ0) is 18.0. The zero-order valence-corrected chi connectivity index (χ0v) is 14.9. The summed E-state index contributed by atoms with van der Waals surface area (Å²) in [4.78, 5) is 23.0. The third-order valence-electron chi connectivity index (χ3n) is 3.36. The normalized spacial score (nSPS) is 10.4. The molecule has 2 aromatic carbocycles. The lowest BCUT2D eigenvalue weighted by molar-refractivity contribution is 0.0697. The molecule has 0 radical (unpaired) electrons. The number of carbonyl (C=O) groups excluding carboxylic acids is 1. The molecule has 5 nitrogen and oxygen atoms in total. The van der Waals surface area contributed by atoms with Gasteiger partial charge in [-0.1, -0.05) is 0 Å². The molecule has 0 saturated heterocycles. The van der Waals surface area contributed by atoms with E-state index in [-0.39, 0.29) is 0 Å². The fourth-order valence-corrected chi connectivity index (χ4v) is 2.77. The number of halogens is 3. The van der Waals surface area contributed by atoms with E-state index < -0.39 is 40.3 Å². The quantitative estimate of drug-likeness (QED) is 0.627. The molecule has 0 atom stereocenters. The van der Waals surface area contributed by atoms with Gasteiger partial charge in [0, 0.05) is 16.3 Å². The summed E-state index contributed by atoms with van der Waals surface area (Å²) >= 11 is 2.10. The van der Waals surface area contributed by atoms with Crippen molar-refractivity contribution in [3.63, 3.8) is 0 Å². The van der Waals surface area contributed by atoms with Crippen LogP contribution < -0.4 is 10.6 Å². The van der Waals surface area contributed by atoms with Crippen LogP contribution >= 0.6 is 22.6 Å². The number of carbonyl (C=O) groups is 2. The van der Waals surface area contributed by atoms with Crippen LogP contribution in [0.2, 0.25) is 0 Å². The SMILES string of the molecule is CNC(=O)c1cc(C(=O)O)c(Nc2ccc(I)cc2C)c(F)c1F. The zero-order valence-electron chi connectivity index (χ0n) is 12.7. The number of amides is 1. The number of rotatable bonds is 4. The molecule has 1 amide bonds. The Morgan fingerprint density at radius 1 is 1.12 bits per heavy atom. The molecule has 0 aromatic heterocycles. The average molecular weight is 446 g/mol. The Bertz CT molecular complexity index is 841. The van der Waals surface area contributed by atoms with Crippen LogP contribution in [-0.2, 0) is 0 Å². The molecule has 0 heterocycles. The molecule has 0 saturated carbocycles. The van der Waals surface area contributed by atoms with Crippen molar-refractivity contribution in [2.45, 2.75) is 6.92 Å². The molecule has 8 heteroatoms. The minimum Gasteiger partial charge on any atom is -0.478 e. The summed E-state index contributed by atoms with van der Waals surface area (Å²) in [6, 6.07) is 5.98. The number of carboxylic acid groups (broad SMARTS) is 1. The molecule has 0 bridgehead atoms. The van der Waals surface area contributed by atoms with Gasteiger partial charge >= 0.3 is 5.97 Å². The molecule has 0 fully saturated rings. The lowest BCUT2D eigenvalue weighted by atomic mass is 10.1. The fraction of sp³-hybridized carbons (Fsp3) is 0.125. The van der Waals surface area contributed by atoms with E-state index in [9.17, 15) is 23.5 Å².